The van der Waals surface area contributed by atoms with Crippen molar-refractivity contribution in [1.29, 1.82) is 0 Å². The highest BCUT2D eigenvalue weighted by Crippen LogP contribution is 1.61. The Hall–Kier alpha value is -0.0800. The van der Waals surface area contributed by atoms with Crippen molar-refractivity contribution in [2.75, 3.05) is 13.7 Å². The summed E-state index contributed by atoms with van der Waals surface area (Å²) in [4.78, 5) is 0. The molecule has 0 aliphatic heterocycles. The van der Waals surface area contributed by atoms with Gasteiger partial charge in [0.1, 0.15) is 0 Å². The van der Waals surface area contributed by atoms with Crippen LogP contribution in [0.2, 0.25) is 0 Å². The topological polar surface area (TPSA) is 47.9 Å². The van der Waals surface area contributed by atoms with E-state index in [1.165, 1.54) is 0 Å². The lowest BCUT2D eigenvalue weighted by atomic mass is 10.5. The molecule has 0 radical (unpaired) electrons. The van der Waals surface area contributed by atoms with E-state index in [2.05, 4.69) is 5.73 Å². The molecule has 0 spiro atoms. The molecular formula is C4H14NO+. The minimum Gasteiger partial charge on any atom is -0.396 e. The van der Waals surface area contributed by atoms with Crippen molar-refractivity contribution < 1.29 is 10.8 Å². The van der Waals surface area contributed by atoms with E-state index in [0.29, 0.717) is 6.61 Å². The molecular weight excluding hydrogens is 78.1 g/mol. The minimum absolute atomic E-state index is 0.319. The van der Waals surface area contributed by atoms with Crippen molar-refractivity contribution in [3.63, 3.8) is 0 Å². The van der Waals surface area contributed by atoms with Crippen LogP contribution < -0.4 is 5.73 Å². The lowest BCUT2D eigenvalue weighted by Crippen LogP contribution is -2.40. The van der Waals surface area contributed by atoms with Gasteiger partial charge in [-0.3, -0.25) is 0 Å². The molecule has 6 heavy (non-hydrogen) atoms. The molecule has 2 heteroatoms. The van der Waals surface area contributed by atoms with Gasteiger partial charge < -0.3 is 10.8 Å². The molecule has 0 atom stereocenters. The van der Waals surface area contributed by atoms with Crippen molar-refractivity contribution in [3.8, 4) is 0 Å². The van der Waals surface area contributed by atoms with Crippen molar-refractivity contribution >= 4 is 0 Å². The number of quaternary nitrogens is 1. The molecule has 0 aliphatic rings. The Morgan fingerprint density at radius 3 is 1.67 bits per heavy atom. The maximum absolute atomic E-state index is 7.88. The van der Waals surface area contributed by atoms with Gasteiger partial charge in [0, 0.05) is 6.61 Å². The van der Waals surface area contributed by atoms with Gasteiger partial charge in [0.2, 0.25) is 0 Å². The van der Waals surface area contributed by atoms with E-state index < -0.39 is 0 Å². The Kier molecular flexibility index (Phi) is 31.9. The lowest BCUT2D eigenvalue weighted by Gasteiger charge is -1.69. The summed E-state index contributed by atoms with van der Waals surface area (Å²) in [6.07, 6.45) is 0.875. The van der Waals surface area contributed by atoms with Gasteiger partial charge in [-0.2, -0.15) is 0 Å². The van der Waals surface area contributed by atoms with Crippen LogP contribution in [-0.4, -0.2) is 18.8 Å². The predicted molar refractivity (Wildman–Crippen MR) is 26.2 cm³/mol. The zero-order valence-electron chi connectivity index (χ0n) is 4.57. The molecule has 0 rings (SSSR count). The Labute approximate surface area is 39.0 Å². The van der Waals surface area contributed by atoms with Crippen LogP contribution in [-0.2, 0) is 0 Å². The minimum atomic E-state index is 0.319. The number of hydrogen-bond donors (Lipinski definition) is 2. The Morgan fingerprint density at radius 1 is 1.50 bits per heavy atom. The van der Waals surface area contributed by atoms with Crippen molar-refractivity contribution in [2.24, 2.45) is 0 Å². The first-order valence-electron chi connectivity index (χ1n) is 2.23. The van der Waals surface area contributed by atoms with E-state index in [0.717, 1.165) is 6.42 Å². The largest absolute Gasteiger partial charge is 0.396 e. The van der Waals surface area contributed by atoms with Crippen LogP contribution in [0.4, 0.5) is 0 Å². The van der Waals surface area contributed by atoms with E-state index in [1.807, 2.05) is 6.92 Å². The molecule has 0 aromatic heterocycles. The van der Waals surface area contributed by atoms with E-state index in [-0.39, 0.29) is 0 Å². The molecule has 0 heterocycles. The molecule has 0 saturated carbocycles. The first kappa shape index (κ1) is 9.33. The van der Waals surface area contributed by atoms with Crippen molar-refractivity contribution in [3.05, 3.63) is 0 Å². The Balaban J connectivity index is 0. The summed E-state index contributed by atoms with van der Waals surface area (Å²) >= 11 is 0. The second-order valence-corrected chi connectivity index (χ2v) is 0.724. The summed E-state index contributed by atoms with van der Waals surface area (Å²) in [6.45, 7) is 2.25. The SMILES string of the molecule is CCCO.C[NH3+]. The fourth-order valence-electron chi connectivity index (χ4n) is 0. The van der Waals surface area contributed by atoms with Gasteiger partial charge in [0.25, 0.3) is 0 Å². The number of aliphatic hydroxyl groups excluding tert-OH is 1. The quantitative estimate of drug-likeness (QED) is 0.439. The molecule has 0 unspecified atom stereocenters. The van der Waals surface area contributed by atoms with E-state index in [4.69, 9.17) is 5.11 Å². The number of rotatable bonds is 1. The highest BCUT2D eigenvalue weighted by atomic mass is 16.2. The average molecular weight is 92.2 g/mol. The third kappa shape index (κ3) is 39.5. The van der Waals surface area contributed by atoms with E-state index >= 15 is 0 Å². The smallest absolute Gasteiger partial charge is 0.0634 e. The zero-order valence-corrected chi connectivity index (χ0v) is 4.57. The molecule has 0 aromatic rings. The van der Waals surface area contributed by atoms with Gasteiger partial charge in [-0.15, -0.1) is 0 Å². The zero-order chi connectivity index (χ0) is 5.41. The molecule has 0 bridgehead atoms. The van der Waals surface area contributed by atoms with Crippen LogP contribution >= 0.6 is 0 Å². The maximum atomic E-state index is 7.88. The Morgan fingerprint density at radius 2 is 1.67 bits per heavy atom. The van der Waals surface area contributed by atoms with Crippen molar-refractivity contribution in [1.82, 2.24) is 0 Å². The van der Waals surface area contributed by atoms with Crippen LogP contribution in [0.5, 0.6) is 0 Å². The van der Waals surface area contributed by atoms with Gasteiger partial charge in [-0.1, -0.05) is 6.92 Å². The third-order valence-corrected chi connectivity index (χ3v) is 0.224. The van der Waals surface area contributed by atoms with Gasteiger partial charge >= 0.3 is 0 Å². The van der Waals surface area contributed by atoms with E-state index in [1.54, 1.807) is 7.05 Å². The highest BCUT2D eigenvalue weighted by molar-refractivity contribution is 4.10. The van der Waals surface area contributed by atoms with Crippen LogP contribution in [0.15, 0.2) is 0 Å². The molecule has 2 nitrogen and oxygen atoms in total. The third-order valence-electron chi connectivity index (χ3n) is 0.224. The second-order valence-electron chi connectivity index (χ2n) is 0.724. The summed E-state index contributed by atoms with van der Waals surface area (Å²) in [5, 5.41) is 7.88. The van der Waals surface area contributed by atoms with Crippen LogP contribution in [0.1, 0.15) is 13.3 Å². The maximum Gasteiger partial charge on any atom is 0.0634 e. The molecule has 0 amide bonds. The summed E-state index contributed by atoms with van der Waals surface area (Å²) in [6, 6.07) is 0. The normalized spacial score (nSPS) is 6.00. The number of hydrogen-bond acceptors (Lipinski definition) is 1. The molecule has 0 aromatic carbocycles. The van der Waals surface area contributed by atoms with Gasteiger partial charge in [0.05, 0.1) is 7.05 Å². The standard InChI is InChI=1S/C3H8O.CH5N/c1-2-3-4;1-2/h4H,2-3H2,1H3;2H2,1H3/p+1. The lowest BCUT2D eigenvalue weighted by molar-refractivity contribution is -0.325. The van der Waals surface area contributed by atoms with Gasteiger partial charge in [-0.25, -0.2) is 0 Å². The molecule has 0 fully saturated rings. The molecule has 40 valence electrons. The summed E-state index contributed by atoms with van der Waals surface area (Å²) in [5.74, 6) is 0. The summed E-state index contributed by atoms with van der Waals surface area (Å²) in [7, 11) is 1.75. The monoisotopic (exact) mass is 92.1 g/mol. The average Bonchev–Trinajstić information content (AvgIpc) is 1.72. The molecule has 0 saturated heterocycles. The molecule has 4 N–H and O–H groups in total. The van der Waals surface area contributed by atoms with Crippen LogP contribution in [0.25, 0.3) is 0 Å². The van der Waals surface area contributed by atoms with Crippen LogP contribution in [0.3, 0.4) is 0 Å². The summed E-state index contributed by atoms with van der Waals surface area (Å²) < 4.78 is 0. The first-order valence-corrected chi connectivity index (χ1v) is 2.23. The number of aliphatic hydroxyl groups is 1. The fraction of sp³-hybridized carbons (Fsp3) is 1.00. The first-order chi connectivity index (χ1) is 2.91. The molecule has 0 aliphatic carbocycles. The fourth-order valence-corrected chi connectivity index (χ4v) is 0. The Bertz CT molecular complexity index is 9.51. The highest BCUT2D eigenvalue weighted by Gasteiger charge is 1.57. The van der Waals surface area contributed by atoms with E-state index in [9.17, 15) is 0 Å². The van der Waals surface area contributed by atoms with Crippen molar-refractivity contribution in [2.45, 2.75) is 13.3 Å². The van der Waals surface area contributed by atoms with Gasteiger partial charge in [0.15, 0.2) is 0 Å². The van der Waals surface area contributed by atoms with Gasteiger partial charge in [-0.05, 0) is 6.42 Å². The predicted octanol–water partition coefficient (Wildman–Crippen LogP) is -0.753. The summed E-state index contributed by atoms with van der Waals surface area (Å²) in [5.41, 5.74) is 3.25. The van der Waals surface area contributed by atoms with Crippen LogP contribution in [0, 0.1) is 0 Å². The second kappa shape index (κ2) is 20.5.